The Morgan fingerprint density at radius 3 is 2.00 bits per heavy atom. The quantitative estimate of drug-likeness (QED) is 0.651. The maximum absolute atomic E-state index is 2.40. The highest BCUT2D eigenvalue weighted by atomic mass is 14.2. The van der Waals surface area contributed by atoms with Gasteiger partial charge in [-0.2, -0.15) is 0 Å². The Morgan fingerprint density at radius 2 is 1.53 bits per heavy atom. The van der Waals surface area contributed by atoms with Crippen LogP contribution in [0.2, 0.25) is 0 Å². The van der Waals surface area contributed by atoms with Crippen LogP contribution in [0.3, 0.4) is 0 Å². The lowest BCUT2D eigenvalue weighted by atomic mass is 9.82. The van der Waals surface area contributed by atoms with E-state index in [2.05, 4.69) is 66.7 Å². The molecule has 0 heterocycles. The average molecular weight is 232 g/mol. The lowest BCUT2D eigenvalue weighted by Crippen LogP contribution is -2.14. The van der Waals surface area contributed by atoms with E-state index in [1.807, 2.05) is 0 Å². The van der Waals surface area contributed by atoms with Crippen LogP contribution in [0.25, 0.3) is 0 Å². The van der Waals surface area contributed by atoms with Crippen LogP contribution in [-0.4, -0.2) is 0 Å². The molecule has 0 nitrogen and oxygen atoms in total. The number of hydrogen-bond acceptors (Lipinski definition) is 0. The summed E-state index contributed by atoms with van der Waals surface area (Å²) < 4.78 is 0. The molecule has 0 aliphatic heterocycles. The first kappa shape index (κ1) is 14.3. The molecule has 0 bridgehead atoms. The highest BCUT2D eigenvalue weighted by Crippen LogP contribution is 2.28. The first-order valence-corrected chi connectivity index (χ1v) is 6.70. The van der Waals surface area contributed by atoms with Gasteiger partial charge >= 0.3 is 0 Å². The van der Waals surface area contributed by atoms with E-state index in [9.17, 15) is 0 Å². The van der Waals surface area contributed by atoms with Gasteiger partial charge in [0.1, 0.15) is 0 Å². The van der Waals surface area contributed by atoms with E-state index in [4.69, 9.17) is 0 Å². The molecule has 0 N–H and O–H groups in total. The fourth-order valence-corrected chi connectivity index (χ4v) is 2.15. The molecule has 1 rings (SSSR count). The predicted octanol–water partition coefficient (Wildman–Crippen LogP) is 5.27. The van der Waals surface area contributed by atoms with Crippen molar-refractivity contribution in [3.8, 4) is 0 Å². The summed E-state index contributed by atoms with van der Waals surface area (Å²) in [4.78, 5) is 0. The fraction of sp³-hybridized carbons (Fsp3) is 0.647. The Hall–Kier alpha value is -0.780. The maximum atomic E-state index is 2.40. The van der Waals surface area contributed by atoms with Crippen molar-refractivity contribution in [2.45, 2.75) is 66.7 Å². The number of rotatable bonds is 2. The van der Waals surface area contributed by atoms with Gasteiger partial charge in [0.25, 0.3) is 0 Å². The monoisotopic (exact) mass is 232 g/mol. The zero-order chi connectivity index (χ0) is 13.3. The average Bonchev–Trinajstić information content (AvgIpc) is 2.13. The fourth-order valence-electron chi connectivity index (χ4n) is 2.15. The van der Waals surface area contributed by atoms with Gasteiger partial charge in [0.2, 0.25) is 0 Å². The van der Waals surface area contributed by atoms with E-state index < -0.39 is 0 Å². The molecule has 0 saturated carbocycles. The smallest absolute Gasteiger partial charge is 0.0129 e. The largest absolute Gasteiger partial charge is 0.0602 e. The number of hydrogen-bond donors (Lipinski definition) is 0. The molecule has 1 aromatic carbocycles. The van der Waals surface area contributed by atoms with Crippen LogP contribution in [0.5, 0.6) is 0 Å². The second-order valence-corrected chi connectivity index (χ2v) is 7.46. The summed E-state index contributed by atoms with van der Waals surface area (Å²) in [5.74, 6) is 0. The molecule has 0 aromatic heterocycles. The Kier molecular flexibility index (Phi) is 4.06. The molecule has 0 amide bonds. The van der Waals surface area contributed by atoms with Crippen LogP contribution in [-0.2, 0) is 11.8 Å². The van der Waals surface area contributed by atoms with E-state index in [1.165, 1.54) is 29.5 Å². The minimum atomic E-state index is 0.252. The normalized spacial score (nSPS) is 12.9. The van der Waals surface area contributed by atoms with Gasteiger partial charge in [-0.1, -0.05) is 59.7 Å². The summed E-state index contributed by atoms with van der Waals surface area (Å²) >= 11 is 0. The third-order valence-electron chi connectivity index (χ3n) is 3.27. The lowest BCUT2D eigenvalue weighted by Gasteiger charge is -2.23. The molecule has 0 spiro atoms. The third-order valence-corrected chi connectivity index (χ3v) is 3.27. The van der Waals surface area contributed by atoms with Crippen LogP contribution < -0.4 is 0 Å². The lowest BCUT2D eigenvalue weighted by molar-refractivity contribution is 0.378. The summed E-state index contributed by atoms with van der Waals surface area (Å²) in [5.41, 5.74) is 5.06. The van der Waals surface area contributed by atoms with E-state index in [0.717, 1.165) is 0 Å². The summed E-state index contributed by atoms with van der Waals surface area (Å²) in [6.07, 6.45) is 2.44. The Bertz CT molecular complexity index is 372. The van der Waals surface area contributed by atoms with E-state index >= 15 is 0 Å². The second-order valence-electron chi connectivity index (χ2n) is 7.46. The van der Waals surface area contributed by atoms with E-state index in [1.54, 1.807) is 0 Å². The Balaban J connectivity index is 2.90. The molecule has 96 valence electrons. The van der Waals surface area contributed by atoms with Crippen molar-refractivity contribution in [2.24, 2.45) is 5.41 Å². The van der Waals surface area contributed by atoms with Crippen molar-refractivity contribution >= 4 is 0 Å². The predicted molar refractivity (Wildman–Crippen MR) is 77.7 cm³/mol. The van der Waals surface area contributed by atoms with Crippen molar-refractivity contribution in [1.82, 2.24) is 0 Å². The molecule has 0 unspecified atom stereocenters. The molecule has 1 aromatic rings. The van der Waals surface area contributed by atoms with Gasteiger partial charge in [-0.3, -0.25) is 0 Å². The molecule has 0 heteroatoms. The standard InChI is InChI=1S/C17H28/c1-13-8-9-14(10-11-16(2,3)4)12-15(13)17(5,6)7/h8-9,12H,10-11H2,1-7H3. The molecule has 0 atom stereocenters. The van der Waals surface area contributed by atoms with Crippen LogP contribution in [0.4, 0.5) is 0 Å². The molecule has 0 radical (unpaired) electrons. The van der Waals surface area contributed by atoms with Gasteiger partial charge in [-0.25, -0.2) is 0 Å². The molecule has 0 aliphatic rings. The van der Waals surface area contributed by atoms with Crippen molar-refractivity contribution in [2.75, 3.05) is 0 Å². The molecular formula is C17H28. The Labute approximate surface area is 107 Å². The first-order valence-electron chi connectivity index (χ1n) is 6.70. The summed E-state index contributed by atoms with van der Waals surface area (Å²) in [6.45, 7) is 16.0. The van der Waals surface area contributed by atoms with Gasteiger partial charge in [0.15, 0.2) is 0 Å². The number of benzene rings is 1. The van der Waals surface area contributed by atoms with Gasteiger partial charge in [-0.05, 0) is 47.3 Å². The highest BCUT2D eigenvalue weighted by molar-refractivity contribution is 5.35. The molecule has 0 saturated heterocycles. The van der Waals surface area contributed by atoms with Crippen LogP contribution >= 0.6 is 0 Å². The molecule has 17 heavy (non-hydrogen) atoms. The minimum Gasteiger partial charge on any atom is -0.0602 e. The molecule has 0 aliphatic carbocycles. The van der Waals surface area contributed by atoms with Gasteiger partial charge in [0.05, 0.1) is 0 Å². The zero-order valence-electron chi connectivity index (χ0n) is 12.6. The van der Waals surface area contributed by atoms with Crippen molar-refractivity contribution in [3.63, 3.8) is 0 Å². The number of aryl methyl sites for hydroxylation is 2. The summed E-state index contributed by atoms with van der Waals surface area (Å²) in [6, 6.07) is 6.97. The van der Waals surface area contributed by atoms with Gasteiger partial charge < -0.3 is 0 Å². The zero-order valence-corrected chi connectivity index (χ0v) is 12.6. The second kappa shape index (κ2) is 4.84. The Morgan fingerprint density at radius 1 is 0.941 bits per heavy atom. The van der Waals surface area contributed by atoms with Gasteiger partial charge in [-0.15, -0.1) is 0 Å². The van der Waals surface area contributed by atoms with E-state index in [0.29, 0.717) is 5.41 Å². The van der Waals surface area contributed by atoms with E-state index in [-0.39, 0.29) is 5.41 Å². The SMILES string of the molecule is Cc1ccc(CCC(C)(C)C)cc1C(C)(C)C. The maximum Gasteiger partial charge on any atom is -0.0129 e. The van der Waals surface area contributed by atoms with Crippen molar-refractivity contribution < 1.29 is 0 Å². The van der Waals surface area contributed by atoms with Gasteiger partial charge in [0, 0.05) is 0 Å². The molecular weight excluding hydrogens is 204 g/mol. The summed E-state index contributed by atoms with van der Waals surface area (Å²) in [5, 5.41) is 0. The van der Waals surface area contributed by atoms with Crippen LogP contribution in [0, 0.1) is 12.3 Å². The topological polar surface area (TPSA) is 0 Å². The summed E-state index contributed by atoms with van der Waals surface area (Å²) in [7, 11) is 0. The van der Waals surface area contributed by atoms with Crippen LogP contribution in [0.1, 0.15) is 64.7 Å². The van der Waals surface area contributed by atoms with Crippen LogP contribution in [0.15, 0.2) is 18.2 Å². The third kappa shape index (κ3) is 4.53. The van der Waals surface area contributed by atoms with Crippen molar-refractivity contribution in [1.29, 1.82) is 0 Å². The highest BCUT2D eigenvalue weighted by Gasteiger charge is 2.17. The van der Waals surface area contributed by atoms with Crippen molar-refractivity contribution in [3.05, 3.63) is 34.9 Å². The first-order chi connectivity index (χ1) is 7.59. The molecule has 0 fully saturated rings. The minimum absolute atomic E-state index is 0.252.